The van der Waals surface area contributed by atoms with Crippen molar-refractivity contribution in [1.82, 2.24) is 5.32 Å². The second-order valence-corrected chi connectivity index (χ2v) is 7.01. The molecule has 0 radical (unpaired) electrons. The highest BCUT2D eigenvalue weighted by molar-refractivity contribution is 6.00. The summed E-state index contributed by atoms with van der Waals surface area (Å²) in [7, 11) is 3.81. The van der Waals surface area contributed by atoms with E-state index in [0.717, 1.165) is 11.3 Å². The lowest BCUT2D eigenvalue weighted by Gasteiger charge is -2.21. The summed E-state index contributed by atoms with van der Waals surface area (Å²) in [5.74, 6) is -1.32. The maximum atomic E-state index is 12.4. The first-order valence-corrected chi connectivity index (χ1v) is 8.96. The Hall–Kier alpha value is -3.35. The zero-order chi connectivity index (χ0) is 20.1. The highest BCUT2D eigenvalue weighted by Crippen LogP contribution is 2.28. The van der Waals surface area contributed by atoms with Gasteiger partial charge in [0.15, 0.2) is 0 Å². The molecule has 0 aliphatic carbocycles. The van der Waals surface area contributed by atoms with Crippen LogP contribution in [0.1, 0.15) is 22.3 Å². The fourth-order valence-corrected chi connectivity index (χ4v) is 3.06. The lowest BCUT2D eigenvalue weighted by molar-refractivity contribution is -0.162. The van der Waals surface area contributed by atoms with Crippen LogP contribution in [0.2, 0.25) is 0 Å². The van der Waals surface area contributed by atoms with Crippen molar-refractivity contribution in [2.24, 2.45) is 5.16 Å². The van der Waals surface area contributed by atoms with Crippen LogP contribution in [0.3, 0.4) is 0 Å². The van der Waals surface area contributed by atoms with Crippen LogP contribution >= 0.6 is 0 Å². The lowest BCUT2D eigenvalue weighted by Crippen LogP contribution is -2.42. The molecule has 7 nitrogen and oxygen atoms in total. The van der Waals surface area contributed by atoms with Crippen LogP contribution in [0.25, 0.3) is 0 Å². The predicted molar refractivity (Wildman–Crippen MR) is 107 cm³/mol. The fraction of sp³-hybridized carbons (Fsp3) is 0.286. The van der Waals surface area contributed by atoms with E-state index in [0.29, 0.717) is 11.3 Å². The number of hydrogen-bond acceptors (Lipinski definition) is 5. The number of aliphatic carboxylic acids is 1. The SMILES string of the molecule is CN(C)c1cccc(C(=O)NCC2=NOC(Cc3ccccc3)(C(=O)O)C2)c1. The van der Waals surface area contributed by atoms with Crippen LogP contribution in [-0.2, 0) is 16.1 Å². The summed E-state index contributed by atoms with van der Waals surface area (Å²) >= 11 is 0. The van der Waals surface area contributed by atoms with E-state index >= 15 is 0 Å². The predicted octanol–water partition coefficient (Wildman–Crippen LogP) is 2.32. The normalized spacial score (nSPS) is 18.1. The molecule has 3 rings (SSSR count). The number of benzene rings is 2. The summed E-state index contributed by atoms with van der Waals surface area (Å²) in [5.41, 5.74) is 1.36. The Morgan fingerprint density at radius 1 is 1.18 bits per heavy atom. The number of anilines is 1. The number of carbonyl (C=O) groups is 2. The monoisotopic (exact) mass is 381 g/mol. The molecule has 0 saturated heterocycles. The number of carboxylic acid groups (broad SMARTS) is 1. The Bertz CT molecular complexity index is 896. The molecule has 7 heteroatoms. The third kappa shape index (κ3) is 4.31. The van der Waals surface area contributed by atoms with Crippen molar-refractivity contribution in [1.29, 1.82) is 0 Å². The average Bonchev–Trinajstić information content (AvgIpc) is 3.11. The number of nitrogens with one attached hydrogen (secondary N) is 1. The van der Waals surface area contributed by atoms with E-state index < -0.39 is 11.6 Å². The van der Waals surface area contributed by atoms with E-state index in [9.17, 15) is 14.7 Å². The standard InChI is InChI=1S/C21H23N3O4/c1-24(2)18-10-6-9-16(11-18)19(25)22-14-17-13-21(20(26)27,28-23-17)12-15-7-4-3-5-8-15/h3-11H,12-14H2,1-2H3,(H,22,25)(H,26,27). The van der Waals surface area contributed by atoms with Crippen LogP contribution in [0.5, 0.6) is 0 Å². The largest absolute Gasteiger partial charge is 0.478 e. The quantitative estimate of drug-likeness (QED) is 0.768. The molecule has 1 amide bonds. The molecule has 0 saturated carbocycles. The fourth-order valence-electron chi connectivity index (χ4n) is 3.06. The Balaban J connectivity index is 1.62. The van der Waals surface area contributed by atoms with Crippen molar-refractivity contribution in [2.75, 3.05) is 25.5 Å². The molecule has 1 heterocycles. The second-order valence-electron chi connectivity index (χ2n) is 7.01. The molecule has 1 aliphatic heterocycles. The summed E-state index contributed by atoms with van der Waals surface area (Å²) in [6.45, 7) is 0.134. The van der Waals surface area contributed by atoms with Gasteiger partial charge in [-0.25, -0.2) is 4.79 Å². The zero-order valence-electron chi connectivity index (χ0n) is 15.9. The Morgan fingerprint density at radius 3 is 2.61 bits per heavy atom. The molecule has 0 aromatic heterocycles. The molecule has 2 aromatic rings. The van der Waals surface area contributed by atoms with Crippen LogP contribution in [0.4, 0.5) is 5.69 Å². The van der Waals surface area contributed by atoms with Gasteiger partial charge in [0.25, 0.3) is 5.91 Å². The van der Waals surface area contributed by atoms with Gasteiger partial charge in [0.1, 0.15) is 0 Å². The molecule has 28 heavy (non-hydrogen) atoms. The van der Waals surface area contributed by atoms with Gasteiger partial charge in [-0.2, -0.15) is 0 Å². The van der Waals surface area contributed by atoms with E-state index in [1.54, 1.807) is 12.1 Å². The van der Waals surface area contributed by atoms with Crippen LogP contribution in [0, 0.1) is 0 Å². The van der Waals surface area contributed by atoms with E-state index in [-0.39, 0.29) is 25.3 Å². The Morgan fingerprint density at radius 2 is 1.93 bits per heavy atom. The van der Waals surface area contributed by atoms with Crippen molar-refractivity contribution in [2.45, 2.75) is 18.4 Å². The van der Waals surface area contributed by atoms with Crippen molar-refractivity contribution in [3.8, 4) is 0 Å². The van der Waals surface area contributed by atoms with E-state index in [1.807, 2.05) is 61.5 Å². The van der Waals surface area contributed by atoms with Gasteiger partial charge in [-0.05, 0) is 23.8 Å². The highest BCUT2D eigenvalue weighted by atomic mass is 16.7. The average molecular weight is 381 g/mol. The molecule has 0 bridgehead atoms. The number of nitrogens with zero attached hydrogens (tertiary/aromatic N) is 2. The van der Waals surface area contributed by atoms with E-state index in [1.165, 1.54) is 0 Å². The van der Waals surface area contributed by atoms with Gasteiger partial charge in [0, 0.05) is 38.2 Å². The summed E-state index contributed by atoms with van der Waals surface area (Å²) in [4.78, 5) is 31.5. The minimum atomic E-state index is -1.44. The minimum Gasteiger partial charge on any atom is -0.478 e. The number of amides is 1. The molecule has 1 unspecified atom stereocenters. The van der Waals surface area contributed by atoms with Gasteiger partial charge < -0.3 is 20.2 Å². The Kier molecular flexibility index (Phi) is 5.63. The molecule has 1 atom stereocenters. The summed E-state index contributed by atoms with van der Waals surface area (Å²) in [6.07, 6.45) is 0.324. The smallest absolute Gasteiger partial charge is 0.351 e. The number of oxime groups is 1. The first-order valence-electron chi connectivity index (χ1n) is 8.96. The molecule has 0 spiro atoms. The number of rotatable bonds is 7. The van der Waals surface area contributed by atoms with Crippen LogP contribution < -0.4 is 10.2 Å². The van der Waals surface area contributed by atoms with Crippen molar-refractivity contribution in [3.63, 3.8) is 0 Å². The summed E-state index contributed by atoms with van der Waals surface area (Å²) in [5, 5.41) is 16.4. The molecular weight excluding hydrogens is 358 g/mol. The van der Waals surface area contributed by atoms with Crippen LogP contribution in [0.15, 0.2) is 59.8 Å². The third-order valence-corrected chi connectivity index (χ3v) is 4.64. The molecular formula is C21H23N3O4. The molecule has 146 valence electrons. The van der Waals surface area contributed by atoms with Crippen molar-refractivity contribution >= 4 is 23.3 Å². The number of carbonyl (C=O) groups excluding carboxylic acids is 1. The minimum absolute atomic E-state index is 0.120. The second kappa shape index (κ2) is 8.12. The number of hydrogen-bond donors (Lipinski definition) is 2. The van der Waals surface area contributed by atoms with Gasteiger partial charge >= 0.3 is 5.97 Å². The molecule has 0 fully saturated rings. The zero-order valence-corrected chi connectivity index (χ0v) is 15.9. The number of carboxylic acids is 1. The van der Waals surface area contributed by atoms with E-state index in [2.05, 4.69) is 10.5 Å². The van der Waals surface area contributed by atoms with Crippen molar-refractivity contribution < 1.29 is 19.5 Å². The van der Waals surface area contributed by atoms with Gasteiger partial charge in [0.05, 0.1) is 12.3 Å². The van der Waals surface area contributed by atoms with E-state index in [4.69, 9.17) is 4.84 Å². The highest BCUT2D eigenvalue weighted by Gasteiger charge is 2.46. The maximum absolute atomic E-state index is 12.4. The molecule has 2 aromatic carbocycles. The first-order chi connectivity index (χ1) is 13.4. The van der Waals surface area contributed by atoms with Gasteiger partial charge in [-0.15, -0.1) is 0 Å². The lowest BCUT2D eigenvalue weighted by atomic mass is 9.90. The van der Waals surface area contributed by atoms with Gasteiger partial charge in [-0.3, -0.25) is 4.79 Å². The topological polar surface area (TPSA) is 91.2 Å². The molecule has 1 aliphatic rings. The Labute approximate surface area is 163 Å². The van der Waals surface area contributed by atoms with Crippen LogP contribution in [-0.4, -0.2) is 48.9 Å². The third-order valence-electron chi connectivity index (χ3n) is 4.64. The maximum Gasteiger partial charge on any atom is 0.351 e. The van der Waals surface area contributed by atoms with Gasteiger partial charge in [-0.1, -0.05) is 41.6 Å². The molecule has 2 N–H and O–H groups in total. The van der Waals surface area contributed by atoms with Gasteiger partial charge in [0.2, 0.25) is 5.60 Å². The summed E-state index contributed by atoms with van der Waals surface area (Å²) < 4.78 is 0. The first kappa shape index (κ1) is 19.4. The van der Waals surface area contributed by atoms with Crippen molar-refractivity contribution in [3.05, 3.63) is 65.7 Å². The summed E-state index contributed by atoms with van der Waals surface area (Å²) in [6, 6.07) is 16.5.